The quantitative estimate of drug-likeness (QED) is 0.395. The van der Waals surface area contributed by atoms with Gasteiger partial charge in [0, 0.05) is 12.1 Å². The van der Waals surface area contributed by atoms with Crippen molar-refractivity contribution in [1.82, 2.24) is 5.32 Å². The van der Waals surface area contributed by atoms with E-state index in [1.165, 1.54) is 19.2 Å². The number of nitrogens with one attached hydrogen (secondary N) is 2. The molecule has 9 heteroatoms. The van der Waals surface area contributed by atoms with E-state index in [9.17, 15) is 24.8 Å². The summed E-state index contributed by atoms with van der Waals surface area (Å²) in [5, 5.41) is 25.0. The first-order chi connectivity index (χ1) is 18.4. The molecule has 3 rings (SSSR count). The molecule has 9 nitrogen and oxygen atoms in total. The van der Waals surface area contributed by atoms with E-state index in [4.69, 9.17) is 9.47 Å². The van der Waals surface area contributed by atoms with Crippen molar-refractivity contribution in [3.8, 4) is 17.6 Å². The van der Waals surface area contributed by atoms with Gasteiger partial charge < -0.3 is 25.2 Å². The highest BCUT2D eigenvalue weighted by molar-refractivity contribution is 6.10. The van der Waals surface area contributed by atoms with Crippen LogP contribution in [0.4, 0.5) is 5.69 Å². The normalized spacial score (nSPS) is 19.5. The van der Waals surface area contributed by atoms with E-state index in [1.54, 1.807) is 25.1 Å². The van der Waals surface area contributed by atoms with Crippen LogP contribution in [0.5, 0.6) is 11.5 Å². The summed E-state index contributed by atoms with van der Waals surface area (Å²) in [5.74, 6) is -1.01. The van der Waals surface area contributed by atoms with E-state index in [0.717, 1.165) is 5.56 Å². The molecule has 0 heterocycles. The van der Waals surface area contributed by atoms with Gasteiger partial charge in [0.25, 0.3) is 11.8 Å². The molecule has 39 heavy (non-hydrogen) atoms. The summed E-state index contributed by atoms with van der Waals surface area (Å²) in [6.45, 7) is 9.54. The summed E-state index contributed by atoms with van der Waals surface area (Å²) in [7, 11) is 1.40. The topological polar surface area (TPSA) is 138 Å². The number of carbonyl (C=O) groups excluding carboxylic acids is 2. The van der Waals surface area contributed by atoms with Gasteiger partial charge in [0.2, 0.25) is 0 Å². The van der Waals surface area contributed by atoms with Gasteiger partial charge >= 0.3 is 5.97 Å². The highest BCUT2D eigenvalue weighted by Gasteiger charge is 2.38. The SMILES string of the molecule is COc1cc(C#N)c(OC2CCC(C)(C(=O)O)CC2)cc1C(=O)Nc1cc(C)ccc1C(=O)N[C@H](C)C(C)C. The first-order valence-electron chi connectivity index (χ1n) is 13.1. The summed E-state index contributed by atoms with van der Waals surface area (Å²) in [6.07, 6.45) is 1.64. The van der Waals surface area contributed by atoms with E-state index in [2.05, 4.69) is 16.7 Å². The standard InChI is InChI=1S/C30H37N3O6/c1-17(2)19(4)32-27(34)22-8-7-18(3)13-24(22)33-28(35)23-15-25(20(16-31)14-26(23)38-6)39-21-9-11-30(5,12-10-21)29(36)37/h7-8,13-15,17,19,21H,9-12H2,1-6H3,(H,32,34)(H,33,35)(H,36,37)/t19-,21?,30?/m1/s1. The number of hydrogen-bond donors (Lipinski definition) is 3. The molecule has 2 aromatic carbocycles. The Labute approximate surface area is 229 Å². The number of hydrogen-bond acceptors (Lipinski definition) is 6. The van der Waals surface area contributed by atoms with Gasteiger partial charge in [0.15, 0.2) is 0 Å². The van der Waals surface area contributed by atoms with E-state index in [-0.39, 0.29) is 46.6 Å². The van der Waals surface area contributed by atoms with Crippen LogP contribution in [-0.4, -0.2) is 42.1 Å². The van der Waals surface area contributed by atoms with Gasteiger partial charge in [0.1, 0.15) is 17.6 Å². The van der Waals surface area contributed by atoms with Gasteiger partial charge in [-0.3, -0.25) is 14.4 Å². The first-order valence-corrected chi connectivity index (χ1v) is 13.1. The summed E-state index contributed by atoms with van der Waals surface area (Å²) in [6, 6.07) is 10.1. The van der Waals surface area contributed by atoms with Crippen LogP contribution in [0.1, 0.15) is 85.2 Å². The molecule has 208 valence electrons. The van der Waals surface area contributed by atoms with Crippen molar-refractivity contribution < 1.29 is 29.0 Å². The Morgan fingerprint density at radius 2 is 1.72 bits per heavy atom. The molecular formula is C30H37N3O6. The number of rotatable bonds is 9. The number of amides is 2. The molecule has 0 radical (unpaired) electrons. The Bertz CT molecular complexity index is 1290. The molecule has 0 aliphatic heterocycles. The first kappa shape index (κ1) is 29.5. The Kier molecular flexibility index (Phi) is 9.23. The molecule has 2 aromatic rings. The monoisotopic (exact) mass is 535 g/mol. The van der Waals surface area contributed by atoms with Gasteiger partial charge in [-0.15, -0.1) is 0 Å². The number of nitrogens with zero attached hydrogens (tertiary/aromatic N) is 1. The molecule has 0 unspecified atom stereocenters. The average molecular weight is 536 g/mol. The van der Waals surface area contributed by atoms with Gasteiger partial charge in [-0.1, -0.05) is 19.9 Å². The van der Waals surface area contributed by atoms with Crippen molar-refractivity contribution in [2.24, 2.45) is 11.3 Å². The number of benzene rings is 2. The number of nitriles is 1. The zero-order valence-electron chi connectivity index (χ0n) is 23.4. The number of carbonyl (C=O) groups is 3. The fourth-order valence-corrected chi connectivity index (χ4v) is 4.43. The van der Waals surface area contributed by atoms with Crippen molar-refractivity contribution in [1.29, 1.82) is 5.26 Å². The summed E-state index contributed by atoms with van der Waals surface area (Å²) in [5.41, 5.74) is 1.08. The molecule has 0 bridgehead atoms. The maximum atomic E-state index is 13.5. The lowest BCUT2D eigenvalue weighted by atomic mass is 9.75. The highest BCUT2D eigenvalue weighted by atomic mass is 16.5. The van der Waals surface area contributed by atoms with Crippen LogP contribution < -0.4 is 20.1 Å². The molecule has 2 amide bonds. The third-order valence-corrected chi connectivity index (χ3v) is 7.54. The molecule has 1 aliphatic carbocycles. The van der Waals surface area contributed by atoms with Crippen molar-refractivity contribution >= 4 is 23.5 Å². The number of aryl methyl sites for hydroxylation is 1. The summed E-state index contributed by atoms with van der Waals surface area (Å²) in [4.78, 5) is 38.1. The number of carboxylic acids is 1. The van der Waals surface area contributed by atoms with Crippen LogP contribution >= 0.6 is 0 Å². The zero-order valence-corrected chi connectivity index (χ0v) is 23.4. The van der Waals surface area contributed by atoms with Gasteiger partial charge in [0.05, 0.1) is 41.0 Å². The molecule has 3 N–H and O–H groups in total. The van der Waals surface area contributed by atoms with Crippen LogP contribution in [0.2, 0.25) is 0 Å². The molecular weight excluding hydrogens is 498 g/mol. The van der Waals surface area contributed by atoms with Crippen molar-refractivity contribution in [2.45, 2.75) is 72.4 Å². The molecule has 1 atom stereocenters. The third-order valence-electron chi connectivity index (χ3n) is 7.54. The maximum Gasteiger partial charge on any atom is 0.309 e. The minimum Gasteiger partial charge on any atom is -0.496 e. The minimum atomic E-state index is -0.829. The van der Waals surface area contributed by atoms with Gasteiger partial charge in [-0.2, -0.15) is 5.26 Å². The molecule has 1 aliphatic rings. The summed E-state index contributed by atoms with van der Waals surface area (Å²) >= 11 is 0. The van der Waals surface area contributed by atoms with Crippen molar-refractivity contribution in [3.05, 3.63) is 52.6 Å². The molecule has 0 aromatic heterocycles. The lowest BCUT2D eigenvalue weighted by molar-refractivity contribution is -0.150. The Morgan fingerprint density at radius 1 is 1.05 bits per heavy atom. The minimum absolute atomic E-state index is 0.0613. The van der Waals surface area contributed by atoms with Gasteiger partial charge in [-0.25, -0.2) is 0 Å². The number of anilines is 1. The molecule has 0 spiro atoms. The van der Waals surface area contributed by atoms with Gasteiger partial charge in [-0.05, 0) is 76.1 Å². The van der Waals surface area contributed by atoms with Crippen LogP contribution in [-0.2, 0) is 4.79 Å². The van der Waals surface area contributed by atoms with Crippen molar-refractivity contribution in [2.75, 3.05) is 12.4 Å². The number of methoxy groups -OCH3 is 1. The number of ether oxygens (including phenoxy) is 2. The molecule has 0 saturated heterocycles. The van der Waals surface area contributed by atoms with Crippen LogP contribution in [0.25, 0.3) is 0 Å². The Hall–Kier alpha value is -4.06. The smallest absolute Gasteiger partial charge is 0.309 e. The Balaban J connectivity index is 1.88. The van der Waals surface area contributed by atoms with Crippen LogP contribution in [0.3, 0.4) is 0 Å². The predicted molar refractivity (Wildman–Crippen MR) is 147 cm³/mol. The second-order valence-electron chi connectivity index (χ2n) is 10.9. The summed E-state index contributed by atoms with van der Waals surface area (Å²) < 4.78 is 11.5. The van der Waals surface area contributed by atoms with Crippen LogP contribution in [0.15, 0.2) is 30.3 Å². The lowest BCUT2D eigenvalue weighted by Crippen LogP contribution is -2.36. The lowest BCUT2D eigenvalue weighted by Gasteiger charge is -2.34. The third kappa shape index (κ3) is 6.88. The average Bonchev–Trinajstić information content (AvgIpc) is 2.89. The largest absolute Gasteiger partial charge is 0.496 e. The van der Waals surface area contributed by atoms with Crippen LogP contribution in [0, 0.1) is 29.6 Å². The van der Waals surface area contributed by atoms with E-state index in [0.29, 0.717) is 36.9 Å². The second-order valence-corrected chi connectivity index (χ2v) is 10.9. The number of carboxylic acid groups (broad SMARTS) is 1. The Morgan fingerprint density at radius 3 is 2.28 bits per heavy atom. The fraction of sp³-hybridized carbons (Fsp3) is 0.467. The maximum absolute atomic E-state index is 13.5. The number of aliphatic carboxylic acids is 1. The van der Waals surface area contributed by atoms with E-state index >= 15 is 0 Å². The van der Waals surface area contributed by atoms with Crippen molar-refractivity contribution in [3.63, 3.8) is 0 Å². The fourth-order valence-electron chi connectivity index (χ4n) is 4.43. The zero-order chi connectivity index (χ0) is 28.9. The highest BCUT2D eigenvalue weighted by Crippen LogP contribution is 2.39. The predicted octanol–water partition coefficient (Wildman–Crippen LogP) is 5.31. The molecule has 1 fully saturated rings. The second kappa shape index (κ2) is 12.2. The molecule has 1 saturated carbocycles. The van der Waals surface area contributed by atoms with E-state index < -0.39 is 17.3 Å². The van der Waals surface area contributed by atoms with E-state index in [1.807, 2.05) is 27.7 Å².